The third kappa shape index (κ3) is 3.11. The summed E-state index contributed by atoms with van der Waals surface area (Å²) in [5, 5.41) is 3.98. The van der Waals surface area contributed by atoms with Crippen LogP contribution in [0.1, 0.15) is 18.1 Å². The minimum absolute atomic E-state index is 0.787. The third-order valence-corrected chi connectivity index (χ3v) is 2.24. The van der Waals surface area contributed by atoms with E-state index in [2.05, 4.69) is 18.0 Å². The van der Waals surface area contributed by atoms with Crippen LogP contribution in [0.25, 0.3) is 0 Å². The molecule has 1 aromatic rings. The summed E-state index contributed by atoms with van der Waals surface area (Å²) in [5.41, 5.74) is 3.26. The Kier molecular flexibility index (Phi) is 3.38. The molecule has 0 radical (unpaired) electrons. The van der Waals surface area contributed by atoms with Crippen LogP contribution in [0.4, 0.5) is 0 Å². The third-order valence-electron chi connectivity index (χ3n) is 1.83. The summed E-state index contributed by atoms with van der Waals surface area (Å²) in [6.45, 7) is 8.49. The van der Waals surface area contributed by atoms with E-state index in [0.29, 0.717) is 0 Å². The molecule has 0 aliphatic heterocycles. The van der Waals surface area contributed by atoms with Crippen LogP contribution in [0.2, 0.25) is 5.02 Å². The summed E-state index contributed by atoms with van der Waals surface area (Å²) in [4.78, 5) is 0. The highest BCUT2D eigenvalue weighted by molar-refractivity contribution is 6.31. The number of nitrogens with one attached hydrogen (secondary N) is 1. The van der Waals surface area contributed by atoms with Crippen LogP contribution in [-0.2, 0) is 6.54 Å². The summed E-state index contributed by atoms with van der Waals surface area (Å²) >= 11 is 5.98. The molecule has 13 heavy (non-hydrogen) atoms. The van der Waals surface area contributed by atoms with Crippen molar-refractivity contribution in [1.29, 1.82) is 0 Å². The molecule has 1 rings (SSSR count). The van der Waals surface area contributed by atoms with Crippen LogP contribution in [-0.4, -0.2) is 0 Å². The van der Waals surface area contributed by atoms with Crippen LogP contribution in [0.5, 0.6) is 0 Å². The lowest BCUT2D eigenvalue weighted by molar-refractivity contribution is 0.815. The van der Waals surface area contributed by atoms with Crippen LogP contribution >= 0.6 is 11.6 Å². The van der Waals surface area contributed by atoms with Crippen molar-refractivity contribution in [3.05, 3.63) is 46.6 Å². The number of halogens is 1. The molecule has 0 aliphatic carbocycles. The molecule has 0 amide bonds. The van der Waals surface area contributed by atoms with E-state index in [1.54, 1.807) is 0 Å². The molecule has 0 unspecified atom stereocenters. The van der Waals surface area contributed by atoms with E-state index in [9.17, 15) is 0 Å². The van der Waals surface area contributed by atoms with Gasteiger partial charge in [0.15, 0.2) is 0 Å². The number of aryl methyl sites for hydroxylation is 1. The fraction of sp³-hybridized carbons (Fsp3) is 0.273. The number of benzene rings is 1. The second-order valence-electron chi connectivity index (χ2n) is 3.22. The topological polar surface area (TPSA) is 12.0 Å². The maximum atomic E-state index is 5.98. The molecule has 0 aromatic heterocycles. The second-order valence-corrected chi connectivity index (χ2v) is 3.62. The minimum atomic E-state index is 0.787. The van der Waals surface area contributed by atoms with Crippen LogP contribution in [0.3, 0.4) is 0 Å². The van der Waals surface area contributed by atoms with Gasteiger partial charge >= 0.3 is 0 Å². The van der Waals surface area contributed by atoms with E-state index in [1.807, 2.05) is 26.0 Å². The Hall–Kier alpha value is -0.950. The average Bonchev–Trinajstić information content (AvgIpc) is 2.07. The quantitative estimate of drug-likeness (QED) is 0.781. The highest BCUT2D eigenvalue weighted by atomic mass is 35.5. The van der Waals surface area contributed by atoms with Gasteiger partial charge in [-0.2, -0.15) is 0 Å². The molecule has 0 saturated heterocycles. The predicted octanol–water partition coefficient (Wildman–Crippen LogP) is 3.27. The van der Waals surface area contributed by atoms with Gasteiger partial charge in [0.25, 0.3) is 0 Å². The normalized spacial score (nSPS) is 9.77. The Morgan fingerprint density at radius 2 is 2.23 bits per heavy atom. The van der Waals surface area contributed by atoms with Gasteiger partial charge in [0.2, 0.25) is 0 Å². The molecular weight excluding hydrogens is 182 g/mol. The summed E-state index contributed by atoms with van der Waals surface area (Å²) in [7, 11) is 0. The van der Waals surface area contributed by atoms with Gasteiger partial charge in [0, 0.05) is 17.3 Å². The molecule has 1 nitrogen and oxygen atoms in total. The first-order chi connectivity index (χ1) is 6.09. The second kappa shape index (κ2) is 4.33. The molecular formula is C11H14ClN. The number of rotatable bonds is 3. The van der Waals surface area contributed by atoms with Gasteiger partial charge in [-0.15, -0.1) is 0 Å². The Bertz CT molecular complexity index is 318. The zero-order chi connectivity index (χ0) is 9.84. The molecule has 70 valence electrons. The Balaban J connectivity index is 2.68. The predicted molar refractivity (Wildman–Crippen MR) is 57.8 cm³/mol. The van der Waals surface area contributed by atoms with Crippen LogP contribution in [0.15, 0.2) is 30.5 Å². The molecule has 0 heterocycles. The van der Waals surface area contributed by atoms with Crippen molar-refractivity contribution in [2.75, 3.05) is 0 Å². The monoisotopic (exact) mass is 195 g/mol. The molecule has 0 bridgehead atoms. The number of allylic oxidation sites excluding steroid dienone is 1. The summed E-state index contributed by atoms with van der Waals surface area (Å²) in [6.07, 6.45) is 0. The molecule has 0 atom stereocenters. The summed E-state index contributed by atoms with van der Waals surface area (Å²) in [6, 6.07) is 6.07. The van der Waals surface area contributed by atoms with E-state index in [-0.39, 0.29) is 0 Å². The highest BCUT2D eigenvalue weighted by Gasteiger charge is 1.96. The largest absolute Gasteiger partial charge is 0.385 e. The average molecular weight is 196 g/mol. The first-order valence-electron chi connectivity index (χ1n) is 4.24. The van der Waals surface area contributed by atoms with Gasteiger partial charge in [-0.25, -0.2) is 0 Å². The van der Waals surface area contributed by atoms with Crippen LogP contribution in [0, 0.1) is 6.92 Å². The van der Waals surface area contributed by atoms with Gasteiger partial charge in [0.1, 0.15) is 0 Å². The zero-order valence-electron chi connectivity index (χ0n) is 8.02. The van der Waals surface area contributed by atoms with Gasteiger partial charge in [-0.1, -0.05) is 30.3 Å². The number of hydrogen-bond donors (Lipinski definition) is 1. The van der Waals surface area contributed by atoms with E-state index >= 15 is 0 Å². The highest BCUT2D eigenvalue weighted by Crippen LogP contribution is 2.16. The molecule has 0 aliphatic rings. The molecule has 1 aromatic carbocycles. The molecule has 1 N–H and O–H groups in total. The maximum Gasteiger partial charge on any atom is 0.0438 e. The molecule has 0 spiro atoms. The van der Waals surface area contributed by atoms with Crippen molar-refractivity contribution in [3.8, 4) is 0 Å². The Morgan fingerprint density at radius 3 is 2.77 bits per heavy atom. The van der Waals surface area contributed by atoms with Gasteiger partial charge in [-0.3, -0.25) is 0 Å². The fourth-order valence-corrected chi connectivity index (χ4v) is 1.20. The summed E-state index contributed by atoms with van der Waals surface area (Å²) < 4.78 is 0. The van der Waals surface area contributed by atoms with Gasteiger partial charge in [0.05, 0.1) is 0 Å². The Labute approximate surface area is 84.4 Å². The number of hydrogen-bond acceptors (Lipinski definition) is 1. The van der Waals surface area contributed by atoms with Gasteiger partial charge in [-0.05, 0) is 31.0 Å². The SMILES string of the molecule is C=C(C)NCc1ccc(C)c(Cl)c1. The minimum Gasteiger partial charge on any atom is -0.385 e. The van der Waals surface area contributed by atoms with Crippen molar-refractivity contribution < 1.29 is 0 Å². The standard InChI is InChI=1S/C11H14ClN/c1-8(2)13-7-10-5-4-9(3)11(12)6-10/h4-6,13H,1,7H2,2-3H3. The lowest BCUT2D eigenvalue weighted by Gasteiger charge is -2.06. The zero-order valence-corrected chi connectivity index (χ0v) is 8.78. The van der Waals surface area contributed by atoms with Gasteiger partial charge < -0.3 is 5.32 Å². The lowest BCUT2D eigenvalue weighted by Crippen LogP contribution is -2.09. The first kappa shape index (κ1) is 10.1. The van der Waals surface area contributed by atoms with Crippen LogP contribution < -0.4 is 5.32 Å². The van der Waals surface area contributed by atoms with Crippen molar-refractivity contribution in [2.24, 2.45) is 0 Å². The molecule has 2 heteroatoms. The van der Waals surface area contributed by atoms with E-state index in [4.69, 9.17) is 11.6 Å². The lowest BCUT2D eigenvalue weighted by atomic mass is 10.1. The van der Waals surface area contributed by atoms with Crippen molar-refractivity contribution in [1.82, 2.24) is 5.32 Å². The molecule has 0 saturated carbocycles. The molecule has 0 fully saturated rings. The van der Waals surface area contributed by atoms with E-state index in [1.165, 1.54) is 5.56 Å². The van der Waals surface area contributed by atoms with Crippen molar-refractivity contribution >= 4 is 11.6 Å². The Morgan fingerprint density at radius 1 is 1.54 bits per heavy atom. The van der Waals surface area contributed by atoms with Crippen molar-refractivity contribution in [2.45, 2.75) is 20.4 Å². The first-order valence-corrected chi connectivity index (χ1v) is 4.62. The smallest absolute Gasteiger partial charge is 0.0438 e. The van der Waals surface area contributed by atoms with Crippen molar-refractivity contribution in [3.63, 3.8) is 0 Å². The summed E-state index contributed by atoms with van der Waals surface area (Å²) in [5.74, 6) is 0. The van der Waals surface area contributed by atoms with E-state index in [0.717, 1.165) is 22.8 Å². The maximum absolute atomic E-state index is 5.98. The van der Waals surface area contributed by atoms with E-state index < -0.39 is 0 Å². The fourth-order valence-electron chi connectivity index (χ4n) is 0.999.